The Kier molecular flexibility index (Phi) is 2.58. The highest BCUT2D eigenvalue weighted by Crippen LogP contribution is 2.09. The molecule has 1 heterocycles. The molecule has 0 saturated carbocycles. The standard InChI is InChI=1S/C7H9NS/c1-2-7-5-3-4-6-9-8-7/h3-6H,2H2,1H3. The van der Waals surface area contributed by atoms with Crippen molar-refractivity contribution in [3.05, 3.63) is 23.6 Å². The summed E-state index contributed by atoms with van der Waals surface area (Å²) in [6.07, 6.45) is 7.07. The predicted molar refractivity (Wildman–Crippen MR) is 43.6 cm³/mol. The molecule has 0 bridgehead atoms. The Balaban J connectivity index is 2.63. The molecule has 0 aromatic heterocycles. The fraction of sp³-hybridized carbons (Fsp3) is 0.286. The Morgan fingerprint density at radius 2 is 2.44 bits per heavy atom. The van der Waals surface area contributed by atoms with Crippen molar-refractivity contribution < 1.29 is 0 Å². The second-order valence-electron chi connectivity index (χ2n) is 1.73. The fourth-order valence-corrected chi connectivity index (χ4v) is 1.11. The van der Waals surface area contributed by atoms with Gasteiger partial charge in [-0.3, -0.25) is 0 Å². The molecule has 0 amide bonds. The molecule has 1 aliphatic heterocycles. The third-order valence-corrected chi connectivity index (χ3v) is 1.69. The predicted octanol–water partition coefficient (Wildman–Crippen LogP) is 2.57. The van der Waals surface area contributed by atoms with Crippen molar-refractivity contribution in [2.24, 2.45) is 4.40 Å². The SMILES string of the molecule is CCC1=NSC=CC=C1. The summed E-state index contributed by atoms with van der Waals surface area (Å²) in [5.41, 5.74) is 1.16. The van der Waals surface area contributed by atoms with Crippen molar-refractivity contribution in [1.29, 1.82) is 0 Å². The molecule has 0 fully saturated rings. The molecule has 0 aliphatic carbocycles. The first-order valence-electron chi connectivity index (χ1n) is 2.99. The lowest BCUT2D eigenvalue weighted by atomic mass is 10.3. The smallest absolute Gasteiger partial charge is 0.0488 e. The van der Waals surface area contributed by atoms with Gasteiger partial charge in [-0.2, -0.15) is 0 Å². The van der Waals surface area contributed by atoms with Crippen LogP contribution in [0.2, 0.25) is 0 Å². The van der Waals surface area contributed by atoms with Gasteiger partial charge in [-0.05, 0) is 17.9 Å². The van der Waals surface area contributed by atoms with E-state index in [-0.39, 0.29) is 0 Å². The third-order valence-electron chi connectivity index (χ3n) is 1.07. The van der Waals surface area contributed by atoms with E-state index in [1.165, 1.54) is 11.9 Å². The van der Waals surface area contributed by atoms with Crippen molar-refractivity contribution in [1.82, 2.24) is 0 Å². The van der Waals surface area contributed by atoms with Crippen LogP contribution in [0.1, 0.15) is 13.3 Å². The molecule has 0 saturated heterocycles. The Labute approximate surface area is 59.7 Å². The molecule has 0 spiro atoms. The van der Waals surface area contributed by atoms with E-state index in [1.54, 1.807) is 0 Å². The minimum Gasteiger partial charge on any atom is -0.217 e. The zero-order valence-corrected chi connectivity index (χ0v) is 6.19. The highest BCUT2D eigenvalue weighted by Gasteiger charge is 1.89. The highest BCUT2D eigenvalue weighted by atomic mass is 32.2. The van der Waals surface area contributed by atoms with Gasteiger partial charge in [-0.15, -0.1) is 0 Å². The second kappa shape index (κ2) is 3.51. The number of hydrogen-bond donors (Lipinski definition) is 0. The van der Waals surface area contributed by atoms with Crippen molar-refractivity contribution >= 4 is 17.7 Å². The summed E-state index contributed by atoms with van der Waals surface area (Å²) in [6.45, 7) is 2.11. The van der Waals surface area contributed by atoms with Crippen molar-refractivity contribution in [2.75, 3.05) is 0 Å². The monoisotopic (exact) mass is 139 g/mol. The zero-order valence-electron chi connectivity index (χ0n) is 5.37. The first-order chi connectivity index (χ1) is 4.43. The van der Waals surface area contributed by atoms with E-state index in [1.807, 2.05) is 23.6 Å². The molecule has 0 aromatic carbocycles. The van der Waals surface area contributed by atoms with Crippen LogP contribution in [0.5, 0.6) is 0 Å². The minimum atomic E-state index is 1.02. The van der Waals surface area contributed by atoms with E-state index in [9.17, 15) is 0 Å². The van der Waals surface area contributed by atoms with E-state index in [0.717, 1.165) is 12.1 Å². The van der Waals surface area contributed by atoms with Crippen molar-refractivity contribution in [2.45, 2.75) is 13.3 Å². The number of allylic oxidation sites excluding steroid dienone is 3. The van der Waals surface area contributed by atoms with Gasteiger partial charge in [0.05, 0.1) is 0 Å². The number of rotatable bonds is 1. The zero-order chi connectivity index (χ0) is 6.53. The first-order valence-corrected chi connectivity index (χ1v) is 3.83. The number of hydrogen-bond acceptors (Lipinski definition) is 2. The maximum atomic E-state index is 4.20. The van der Waals surface area contributed by atoms with Gasteiger partial charge in [-0.1, -0.05) is 19.1 Å². The van der Waals surface area contributed by atoms with Gasteiger partial charge in [0.25, 0.3) is 0 Å². The molecule has 1 aliphatic rings. The average molecular weight is 139 g/mol. The lowest BCUT2D eigenvalue weighted by molar-refractivity contribution is 1.30. The quantitative estimate of drug-likeness (QED) is 0.508. The van der Waals surface area contributed by atoms with E-state index < -0.39 is 0 Å². The van der Waals surface area contributed by atoms with E-state index in [4.69, 9.17) is 0 Å². The fourth-order valence-electron chi connectivity index (χ4n) is 0.558. The lowest BCUT2D eigenvalue weighted by Gasteiger charge is -1.88. The van der Waals surface area contributed by atoms with Gasteiger partial charge in [0.2, 0.25) is 0 Å². The van der Waals surface area contributed by atoms with Crippen molar-refractivity contribution in [3.8, 4) is 0 Å². The molecular formula is C7H9NS. The van der Waals surface area contributed by atoms with E-state index in [0.29, 0.717) is 0 Å². The minimum absolute atomic E-state index is 1.02. The molecule has 1 rings (SSSR count). The molecule has 0 radical (unpaired) electrons. The third kappa shape index (κ3) is 2.06. The highest BCUT2D eigenvalue weighted by molar-refractivity contribution is 8.01. The summed E-state index contributed by atoms with van der Waals surface area (Å²) >= 11 is 1.49. The normalized spacial score (nSPS) is 17.2. The Morgan fingerprint density at radius 1 is 1.56 bits per heavy atom. The van der Waals surface area contributed by atoms with Gasteiger partial charge in [-0.25, -0.2) is 4.40 Å². The van der Waals surface area contributed by atoms with Crippen molar-refractivity contribution in [3.63, 3.8) is 0 Å². The summed E-state index contributed by atoms with van der Waals surface area (Å²) in [4.78, 5) is 0. The molecule has 2 heteroatoms. The van der Waals surface area contributed by atoms with Crippen LogP contribution in [0.15, 0.2) is 28.0 Å². The van der Waals surface area contributed by atoms with Crippen LogP contribution >= 0.6 is 11.9 Å². The van der Waals surface area contributed by atoms with Crippen LogP contribution in [0.4, 0.5) is 0 Å². The Bertz CT molecular complexity index is 168. The molecule has 9 heavy (non-hydrogen) atoms. The summed E-state index contributed by atoms with van der Waals surface area (Å²) in [5, 5.41) is 1.97. The van der Waals surface area contributed by atoms with Crippen LogP contribution in [0.3, 0.4) is 0 Å². The van der Waals surface area contributed by atoms with Gasteiger partial charge < -0.3 is 0 Å². The molecule has 1 nitrogen and oxygen atoms in total. The summed E-state index contributed by atoms with van der Waals surface area (Å²) in [7, 11) is 0. The van der Waals surface area contributed by atoms with Crippen LogP contribution in [0.25, 0.3) is 0 Å². The topological polar surface area (TPSA) is 12.4 Å². The summed E-state index contributed by atoms with van der Waals surface area (Å²) < 4.78 is 4.20. The Morgan fingerprint density at radius 3 is 3.22 bits per heavy atom. The van der Waals surface area contributed by atoms with Gasteiger partial charge in [0.1, 0.15) is 0 Å². The summed E-state index contributed by atoms with van der Waals surface area (Å²) in [5.74, 6) is 0. The lowest BCUT2D eigenvalue weighted by Crippen LogP contribution is -1.85. The molecule has 0 N–H and O–H groups in total. The summed E-state index contributed by atoms with van der Waals surface area (Å²) in [6, 6.07) is 0. The van der Waals surface area contributed by atoms with Gasteiger partial charge in [0, 0.05) is 17.7 Å². The first kappa shape index (κ1) is 6.62. The van der Waals surface area contributed by atoms with Gasteiger partial charge >= 0.3 is 0 Å². The van der Waals surface area contributed by atoms with Crippen LogP contribution in [-0.2, 0) is 0 Å². The maximum Gasteiger partial charge on any atom is 0.0488 e. The van der Waals surface area contributed by atoms with E-state index >= 15 is 0 Å². The van der Waals surface area contributed by atoms with Crippen LogP contribution < -0.4 is 0 Å². The molecule has 0 atom stereocenters. The maximum absolute atomic E-state index is 4.20. The molecular weight excluding hydrogens is 130 g/mol. The molecule has 48 valence electrons. The average Bonchev–Trinajstić information content (AvgIpc) is 2.13. The Hall–Kier alpha value is -0.500. The molecule has 0 unspecified atom stereocenters. The largest absolute Gasteiger partial charge is 0.217 e. The van der Waals surface area contributed by atoms with Crippen LogP contribution in [-0.4, -0.2) is 5.71 Å². The van der Waals surface area contributed by atoms with Gasteiger partial charge in [0.15, 0.2) is 0 Å². The van der Waals surface area contributed by atoms with E-state index in [2.05, 4.69) is 11.3 Å². The molecule has 0 aromatic rings. The number of nitrogens with zero attached hydrogens (tertiary/aromatic N) is 1. The van der Waals surface area contributed by atoms with Crippen LogP contribution in [0, 0.1) is 0 Å². The second-order valence-corrected chi connectivity index (χ2v) is 2.39.